The Bertz CT molecular complexity index is 856. The first-order valence-electron chi connectivity index (χ1n) is 11.5. The lowest BCUT2D eigenvalue weighted by atomic mass is 9.75. The summed E-state index contributed by atoms with van der Waals surface area (Å²) in [4.78, 5) is 0. The quantitative estimate of drug-likeness (QED) is 0.367. The van der Waals surface area contributed by atoms with Crippen molar-refractivity contribution >= 4 is 0 Å². The molecular formula is C28H39FN2. The summed E-state index contributed by atoms with van der Waals surface area (Å²) < 4.78 is 13.7. The minimum Gasteiger partial charge on any atom is -0.402 e. The molecule has 2 aromatic carbocycles. The maximum atomic E-state index is 13.7. The zero-order valence-electron chi connectivity index (χ0n) is 19.4. The molecule has 0 aliphatic carbocycles. The summed E-state index contributed by atoms with van der Waals surface area (Å²) in [5.74, 6) is 1.34. The molecule has 0 saturated carbocycles. The molecule has 0 aromatic heterocycles. The number of benzene rings is 2. The van der Waals surface area contributed by atoms with E-state index in [2.05, 4.69) is 45.5 Å². The zero-order chi connectivity index (χ0) is 22.8. The molecule has 0 bridgehead atoms. The molecule has 2 rings (SSSR count). The fourth-order valence-electron chi connectivity index (χ4n) is 4.52. The third-order valence-electron chi connectivity index (χ3n) is 6.11. The lowest BCUT2D eigenvalue weighted by Crippen LogP contribution is -2.37. The smallest absolute Gasteiger partial charge is 0.123 e. The van der Waals surface area contributed by atoms with Gasteiger partial charge in [-0.2, -0.15) is 0 Å². The average Bonchev–Trinajstić information content (AvgIpc) is 2.74. The van der Waals surface area contributed by atoms with E-state index < -0.39 is 0 Å². The standard InChI is InChI=1S/C28H39FN2/c1-5-9-26(30)14-15-28(31)27(22(6-2)16-20(3)4)18-21-10-7-11-23(17-21)24-12-8-13-25(29)19-24/h5,7-13,17,19-20,22,27-28H,1,6,14-16,18,30-31H2,2-4H3/b26-9-. The predicted molar refractivity (Wildman–Crippen MR) is 132 cm³/mol. The van der Waals surface area contributed by atoms with Crippen molar-refractivity contribution in [3.05, 3.63) is 84.3 Å². The Kier molecular flexibility index (Phi) is 10.00. The van der Waals surface area contributed by atoms with E-state index in [1.165, 1.54) is 11.6 Å². The maximum absolute atomic E-state index is 13.7. The van der Waals surface area contributed by atoms with Gasteiger partial charge in [-0.15, -0.1) is 0 Å². The van der Waals surface area contributed by atoms with Crippen LogP contribution in [0.5, 0.6) is 0 Å². The minimum atomic E-state index is -0.212. The van der Waals surface area contributed by atoms with E-state index in [1.54, 1.807) is 18.2 Å². The second-order valence-electron chi connectivity index (χ2n) is 9.06. The molecule has 2 nitrogen and oxygen atoms in total. The fourth-order valence-corrected chi connectivity index (χ4v) is 4.52. The molecule has 0 amide bonds. The van der Waals surface area contributed by atoms with Gasteiger partial charge < -0.3 is 11.5 Å². The predicted octanol–water partition coefficient (Wildman–Crippen LogP) is 6.86. The lowest BCUT2D eigenvalue weighted by molar-refractivity contribution is 0.226. The van der Waals surface area contributed by atoms with Gasteiger partial charge in [-0.25, -0.2) is 4.39 Å². The summed E-state index contributed by atoms with van der Waals surface area (Å²) in [6.45, 7) is 10.5. The van der Waals surface area contributed by atoms with Crippen LogP contribution in [0.3, 0.4) is 0 Å². The maximum Gasteiger partial charge on any atom is 0.123 e. The van der Waals surface area contributed by atoms with Crippen molar-refractivity contribution in [3.8, 4) is 11.1 Å². The highest BCUT2D eigenvalue weighted by molar-refractivity contribution is 5.64. The molecule has 0 aliphatic heterocycles. The molecule has 0 fully saturated rings. The zero-order valence-corrected chi connectivity index (χ0v) is 19.4. The molecular weight excluding hydrogens is 383 g/mol. The van der Waals surface area contributed by atoms with Gasteiger partial charge in [0.05, 0.1) is 0 Å². The minimum absolute atomic E-state index is 0.0679. The van der Waals surface area contributed by atoms with Gasteiger partial charge in [-0.1, -0.05) is 76.2 Å². The Morgan fingerprint density at radius 1 is 1.10 bits per heavy atom. The number of hydrogen-bond acceptors (Lipinski definition) is 2. The van der Waals surface area contributed by atoms with Crippen molar-refractivity contribution in [1.29, 1.82) is 0 Å². The molecule has 0 radical (unpaired) electrons. The van der Waals surface area contributed by atoms with Crippen molar-refractivity contribution in [3.63, 3.8) is 0 Å². The molecule has 0 aliphatic rings. The summed E-state index contributed by atoms with van der Waals surface area (Å²) in [6.07, 6.45) is 8.42. The molecule has 3 atom stereocenters. The van der Waals surface area contributed by atoms with E-state index in [4.69, 9.17) is 11.5 Å². The second-order valence-corrected chi connectivity index (χ2v) is 9.06. The Morgan fingerprint density at radius 3 is 2.39 bits per heavy atom. The molecule has 0 saturated heterocycles. The molecule has 4 N–H and O–H groups in total. The van der Waals surface area contributed by atoms with E-state index in [-0.39, 0.29) is 11.9 Å². The topological polar surface area (TPSA) is 52.0 Å². The Morgan fingerprint density at radius 2 is 1.77 bits per heavy atom. The molecule has 0 heterocycles. The highest BCUT2D eigenvalue weighted by Crippen LogP contribution is 2.32. The lowest BCUT2D eigenvalue weighted by Gasteiger charge is -2.33. The third kappa shape index (κ3) is 7.99. The molecule has 168 valence electrons. The Labute approximate surface area is 188 Å². The van der Waals surface area contributed by atoms with E-state index in [9.17, 15) is 4.39 Å². The number of rotatable bonds is 12. The molecule has 3 heteroatoms. The summed E-state index contributed by atoms with van der Waals surface area (Å²) in [5, 5.41) is 0. The summed E-state index contributed by atoms with van der Waals surface area (Å²) in [7, 11) is 0. The van der Waals surface area contributed by atoms with Crippen LogP contribution in [0.1, 0.15) is 52.0 Å². The normalized spacial score (nSPS) is 15.0. The Hall–Kier alpha value is -2.39. The van der Waals surface area contributed by atoms with Crippen LogP contribution in [0.4, 0.5) is 4.39 Å². The third-order valence-corrected chi connectivity index (χ3v) is 6.11. The Balaban J connectivity index is 2.26. The van der Waals surface area contributed by atoms with Crippen molar-refractivity contribution in [2.75, 3.05) is 0 Å². The van der Waals surface area contributed by atoms with E-state index in [0.717, 1.165) is 48.9 Å². The van der Waals surface area contributed by atoms with Crippen LogP contribution < -0.4 is 11.5 Å². The largest absolute Gasteiger partial charge is 0.402 e. The van der Waals surface area contributed by atoms with Crippen molar-refractivity contribution in [2.24, 2.45) is 29.2 Å². The number of halogens is 1. The van der Waals surface area contributed by atoms with Gasteiger partial charge in [0.1, 0.15) is 5.82 Å². The van der Waals surface area contributed by atoms with Gasteiger partial charge in [0.15, 0.2) is 0 Å². The number of allylic oxidation sites excluding steroid dienone is 3. The van der Waals surface area contributed by atoms with Gasteiger partial charge in [0.2, 0.25) is 0 Å². The van der Waals surface area contributed by atoms with Crippen LogP contribution in [-0.2, 0) is 6.42 Å². The molecule has 0 spiro atoms. The first-order chi connectivity index (χ1) is 14.8. The van der Waals surface area contributed by atoms with Crippen LogP contribution in [0.2, 0.25) is 0 Å². The van der Waals surface area contributed by atoms with Crippen LogP contribution >= 0.6 is 0 Å². The first kappa shape index (κ1) is 24.9. The van der Waals surface area contributed by atoms with Crippen molar-refractivity contribution in [2.45, 2.75) is 58.9 Å². The van der Waals surface area contributed by atoms with Gasteiger partial charge in [0.25, 0.3) is 0 Å². The first-order valence-corrected chi connectivity index (χ1v) is 11.5. The average molecular weight is 423 g/mol. The molecule has 2 aromatic rings. The van der Waals surface area contributed by atoms with Crippen molar-refractivity contribution < 1.29 is 4.39 Å². The highest BCUT2D eigenvalue weighted by atomic mass is 19.1. The van der Waals surface area contributed by atoms with Gasteiger partial charge in [-0.3, -0.25) is 0 Å². The SMILES string of the molecule is C=C/C=C(\N)CCC(N)C(Cc1cccc(-c2cccc(F)c2)c1)C(CC)CC(C)C. The van der Waals surface area contributed by atoms with E-state index in [0.29, 0.717) is 17.8 Å². The molecule has 31 heavy (non-hydrogen) atoms. The van der Waals surface area contributed by atoms with Crippen LogP contribution in [0, 0.1) is 23.6 Å². The van der Waals surface area contributed by atoms with Crippen LogP contribution in [0.25, 0.3) is 11.1 Å². The molecule has 3 unspecified atom stereocenters. The van der Waals surface area contributed by atoms with Gasteiger partial charge >= 0.3 is 0 Å². The van der Waals surface area contributed by atoms with E-state index in [1.807, 2.05) is 18.2 Å². The summed E-state index contributed by atoms with van der Waals surface area (Å²) >= 11 is 0. The van der Waals surface area contributed by atoms with Crippen LogP contribution in [0.15, 0.2) is 73.0 Å². The fraction of sp³-hybridized carbons (Fsp3) is 0.429. The van der Waals surface area contributed by atoms with Crippen LogP contribution in [-0.4, -0.2) is 6.04 Å². The number of nitrogens with two attached hydrogens (primary N) is 2. The summed E-state index contributed by atoms with van der Waals surface area (Å²) in [6, 6.07) is 15.3. The summed E-state index contributed by atoms with van der Waals surface area (Å²) in [5.41, 5.74) is 16.9. The number of hydrogen-bond donors (Lipinski definition) is 2. The van der Waals surface area contributed by atoms with E-state index >= 15 is 0 Å². The van der Waals surface area contributed by atoms with Gasteiger partial charge in [0, 0.05) is 11.7 Å². The van der Waals surface area contributed by atoms with Crippen molar-refractivity contribution in [1.82, 2.24) is 0 Å². The van der Waals surface area contributed by atoms with Gasteiger partial charge in [-0.05, 0) is 78.3 Å². The monoisotopic (exact) mass is 422 g/mol. The highest BCUT2D eigenvalue weighted by Gasteiger charge is 2.27. The second kappa shape index (κ2) is 12.5.